The molecule has 0 fully saturated rings. The van der Waals surface area contributed by atoms with E-state index < -0.39 is 11.7 Å². The number of hydrogen-bond donors (Lipinski definition) is 1. The van der Waals surface area contributed by atoms with Crippen LogP contribution in [-0.4, -0.2) is 20.2 Å². The van der Waals surface area contributed by atoms with E-state index in [0.717, 1.165) is 12.1 Å². The van der Waals surface area contributed by atoms with Gasteiger partial charge in [0.25, 0.3) is 0 Å². The summed E-state index contributed by atoms with van der Waals surface area (Å²) in [5.41, 5.74) is 5.56. The minimum Gasteiger partial charge on any atom is -0.366 e. The number of tetrazole rings is 1. The van der Waals surface area contributed by atoms with Crippen LogP contribution in [0.5, 0.6) is 0 Å². The summed E-state index contributed by atoms with van der Waals surface area (Å²) in [5, 5.41) is 10.4. The van der Waals surface area contributed by atoms with Gasteiger partial charge in [0, 0.05) is 0 Å². The van der Waals surface area contributed by atoms with Crippen molar-refractivity contribution in [1.82, 2.24) is 20.2 Å². The van der Waals surface area contributed by atoms with Crippen molar-refractivity contribution in [1.29, 1.82) is 0 Å². The van der Waals surface area contributed by atoms with E-state index in [9.17, 15) is 13.2 Å². The molecule has 0 unspecified atom stereocenters. The van der Waals surface area contributed by atoms with Crippen molar-refractivity contribution < 1.29 is 13.2 Å². The first-order valence-corrected chi connectivity index (χ1v) is 4.61. The molecule has 8 heteroatoms. The zero-order valence-corrected chi connectivity index (χ0v) is 8.73. The van der Waals surface area contributed by atoms with Crippen molar-refractivity contribution in [2.24, 2.45) is 0 Å². The maximum absolute atomic E-state index is 12.4. The first-order chi connectivity index (χ1) is 7.89. The molecule has 0 bridgehead atoms. The predicted octanol–water partition coefficient (Wildman–Crippen LogP) is 1.57. The molecule has 2 N–H and O–H groups in total. The fourth-order valence-electron chi connectivity index (χ4n) is 1.44. The molecule has 0 radical (unpaired) electrons. The maximum atomic E-state index is 12.4. The van der Waals surface area contributed by atoms with Gasteiger partial charge in [-0.05, 0) is 41.1 Å². The number of alkyl halides is 3. The molecule has 0 aliphatic carbocycles. The second-order valence-electron chi connectivity index (χ2n) is 3.45. The van der Waals surface area contributed by atoms with E-state index in [1.807, 2.05) is 0 Å². The molecule has 0 saturated carbocycles. The van der Waals surface area contributed by atoms with Crippen LogP contribution in [0.2, 0.25) is 0 Å². The van der Waals surface area contributed by atoms with Gasteiger partial charge in [0.05, 0.1) is 11.3 Å². The van der Waals surface area contributed by atoms with E-state index in [4.69, 9.17) is 5.73 Å². The van der Waals surface area contributed by atoms with Gasteiger partial charge < -0.3 is 5.73 Å². The first-order valence-electron chi connectivity index (χ1n) is 4.61. The Balaban J connectivity index is 2.50. The van der Waals surface area contributed by atoms with E-state index in [1.54, 1.807) is 0 Å². The minimum absolute atomic E-state index is 0.0212. The Hall–Kier alpha value is -2.12. The zero-order valence-electron chi connectivity index (χ0n) is 8.73. The van der Waals surface area contributed by atoms with Crippen molar-refractivity contribution in [3.8, 4) is 5.69 Å². The third kappa shape index (κ3) is 2.05. The van der Waals surface area contributed by atoms with Crippen LogP contribution >= 0.6 is 0 Å². The Kier molecular flexibility index (Phi) is 2.49. The molecule has 17 heavy (non-hydrogen) atoms. The highest BCUT2D eigenvalue weighted by atomic mass is 19.4. The Bertz CT molecular complexity index is 546. The molecule has 90 valence electrons. The predicted molar refractivity (Wildman–Crippen MR) is 53.3 cm³/mol. The highest BCUT2D eigenvalue weighted by molar-refractivity contribution is 5.45. The smallest absolute Gasteiger partial charge is 0.366 e. The molecule has 0 spiro atoms. The SMILES string of the molecule is Cc1cc(C(F)(F)F)ccc1-n1nnnc1N. The number of aromatic nitrogens is 4. The molecule has 0 aliphatic heterocycles. The Morgan fingerprint density at radius 1 is 1.29 bits per heavy atom. The van der Waals surface area contributed by atoms with E-state index in [-0.39, 0.29) is 5.95 Å². The van der Waals surface area contributed by atoms with Gasteiger partial charge in [-0.2, -0.15) is 17.9 Å². The molecule has 0 aliphatic rings. The van der Waals surface area contributed by atoms with Gasteiger partial charge in [-0.25, -0.2) is 0 Å². The number of halogens is 3. The maximum Gasteiger partial charge on any atom is 0.416 e. The summed E-state index contributed by atoms with van der Waals surface area (Å²) in [6.45, 7) is 1.53. The standard InChI is InChI=1S/C9H8F3N5/c1-5-4-6(9(10,11)12)2-3-7(5)17-8(13)14-15-16-17/h2-4H,1H3,(H2,13,14,16). The van der Waals surface area contributed by atoms with Crippen LogP contribution in [0.3, 0.4) is 0 Å². The Labute approximate surface area is 94.0 Å². The average molecular weight is 243 g/mol. The molecule has 0 atom stereocenters. The summed E-state index contributed by atoms with van der Waals surface area (Å²) >= 11 is 0. The van der Waals surface area contributed by atoms with Crippen LogP contribution in [0.1, 0.15) is 11.1 Å². The minimum atomic E-state index is -4.37. The fourth-order valence-corrected chi connectivity index (χ4v) is 1.44. The van der Waals surface area contributed by atoms with Gasteiger partial charge in [-0.1, -0.05) is 5.10 Å². The lowest BCUT2D eigenvalue weighted by Crippen LogP contribution is -2.08. The summed E-state index contributed by atoms with van der Waals surface area (Å²) in [6, 6.07) is 3.27. The monoisotopic (exact) mass is 243 g/mol. The summed E-state index contributed by atoms with van der Waals surface area (Å²) in [6.07, 6.45) is -4.37. The van der Waals surface area contributed by atoms with Crippen molar-refractivity contribution in [3.63, 3.8) is 0 Å². The van der Waals surface area contributed by atoms with Gasteiger partial charge in [-0.15, -0.1) is 0 Å². The van der Waals surface area contributed by atoms with Crippen LogP contribution in [0, 0.1) is 6.92 Å². The average Bonchev–Trinajstić information content (AvgIpc) is 2.63. The van der Waals surface area contributed by atoms with Gasteiger partial charge in [0.2, 0.25) is 5.95 Å². The Morgan fingerprint density at radius 3 is 2.47 bits per heavy atom. The number of rotatable bonds is 1. The van der Waals surface area contributed by atoms with Crippen LogP contribution in [0.15, 0.2) is 18.2 Å². The lowest BCUT2D eigenvalue weighted by Gasteiger charge is -2.10. The molecule has 2 rings (SSSR count). The van der Waals surface area contributed by atoms with Crippen molar-refractivity contribution in [2.45, 2.75) is 13.1 Å². The van der Waals surface area contributed by atoms with Gasteiger partial charge in [0.15, 0.2) is 0 Å². The van der Waals surface area contributed by atoms with E-state index in [1.165, 1.54) is 17.7 Å². The van der Waals surface area contributed by atoms with Crippen LogP contribution in [0.25, 0.3) is 5.69 Å². The molecule has 1 heterocycles. The summed E-state index contributed by atoms with van der Waals surface area (Å²) < 4.78 is 38.5. The molecular formula is C9H8F3N5. The molecule has 2 aromatic rings. The molecule has 5 nitrogen and oxygen atoms in total. The number of anilines is 1. The summed E-state index contributed by atoms with van der Waals surface area (Å²) in [5.74, 6) is 0.0212. The van der Waals surface area contributed by atoms with Crippen molar-refractivity contribution in [3.05, 3.63) is 29.3 Å². The molecule has 1 aromatic carbocycles. The molecule has 0 amide bonds. The summed E-state index contributed by atoms with van der Waals surface area (Å²) in [7, 11) is 0. The highest BCUT2D eigenvalue weighted by Crippen LogP contribution is 2.31. The molecule has 0 saturated heterocycles. The second kappa shape index (κ2) is 3.72. The highest BCUT2D eigenvalue weighted by Gasteiger charge is 2.30. The second-order valence-corrected chi connectivity index (χ2v) is 3.45. The van der Waals surface area contributed by atoms with E-state index in [0.29, 0.717) is 11.3 Å². The van der Waals surface area contributed by atoms with Crippen molar-refractivity contribution >= 4 is 5.95 Å². The number of aryl methyl sites for hydroxylation is 1. The van der Waals surface area contributed by atoms with Crippen molar-refractivity contribution in [2.75, 3.05) is 5.73 Å². The van der Waals surface area contributed by atoms with Crippen LogP contribution in [0.4, 0.5) is 19.1 Å². The number of nitrogen functional groups attached to an aromatic ring is 1. The summed E-state index contributed by atoms with van der Waals surface area (Å²) in [4.78, 5) is 0. The fraction of sp³-hybridized carbons (Fsp3) is 0.222. The number of benzene rings is 1. The lowest BCUT2D eigenvalue weighted by atomic mass is 10.1. The number of nitrogens with two attached hydrogens (primary N) is 1. The third-order valence-electron chi connectivity index (χ3n) is 2.25. The number of hydrogen-bond acceptors (Lipinski definition) is 4. The van der Waals surface area contributed by atoms with E-state index in [2.05, 4.69) is 15.5 Å². The lowest BCUT2D eigenvalue weighted by molar-refractivity contribution is -0.137. The third-order valence-corrected chi connectivity index (χ3v) is 2.25. The van der Waals surface area contributed by atoms with Gasteiger partial charge in [-0.3, -0.25) is 0 Å². The Morgan fingerprint density at radius 2 is 2.00 bits per heavy atom. The number of nitrogens with zero attached hydrogens (tertiary/aromatic N) is 4. The first kappa shape index (κ1) is 11.4. The van der Waals surface area contributed by atoms with Crippen LogP contribution < -0.4 is 5.73 Å². The zero-order chi connectivity index (χ0) is 12.6. The topological polar surface area (TPSA) is 69.6 Å². The molecule has 1 aromatic heterocycles. The van der Waals surface area contributed by atoms with E-state index >= 15 is 0 Å². The molecular weight excluding hydrogens is 235 g/mol. The largest absolute Gasteiger partial charge is 0.416 e. The normalized spacial score (nSPS) is 11.8. The quantitative estimate of drug-likeness (QED) is 0.825. The van der Waals surface area contributed by atoms with Crippen LogP contribution in [-0.2, 0) is 6.18 Å². The van der Waals surface area contributed by atoms with Gasteiger partial charge >= 0.3 is 6.18 Å². The van der Waals surface area contributed by atoms with Gasteiger partial charge in [0.1, 0.15) is 0 Å².